The summed E-state index contributed by atoms with van der Waals surface area (Å²) in [6.45, 7) is 8.05. The summed E-state index contributed by atoms with van der Waals surface area (Å²) in [5.41, 5.74) is 3.77. The molecule has 0 aliphatic heterocycles. The Hall–Kier alpha value is -3.06. The van der Waals surface area contributed by atoms with Crippen molar-refractivity contribution in [2.75, 3.05) is 23.3 Å². The molecule has 4 nitrogen and oxygen atoms in total. The monoisotopic (exact) mass is 333 g/mol. The zero-order valence-corrected chi connectivity index (χ0v) is 14.9. The van der Waals surface area contributed by atoms with Gasteiger partial charge in [0.2, 0.25) is 0 Å². The predicted molar refractivity (Wildman–Crippen MR) is 103 cm³/mol. The average molecular weight is 333 g/mol. The van der Waals surface area contributed by atoms with Crippen LogP contribution in [0.25, 0.3) is 6.08 Å². The van der Waals surface area contributed by atoms with E-state index in [2.05, 4.69) is 24.1 Å². The van der Waals surface area contributed by atoms with Gasteiger partial charge in [0, 0.05) is 24.5 Å². The number of nitrogens with one attached hydrogen (secondary N) is 1. The van der Waals surface area contributed by atoms with Crippen LogP contribution in [0.4, 0.5) is 11.4 Å². The molecular formula is C21H23N3O. The number of nitriles is 1. The summed E-state index contributed by atoms with van der Waals surface area (Å²) in [5, 5.41) is 12.1. The standard InChI is InChI=1S/C21H23N3O/c1-4-24(5-2)20-11-9-17(10-12-20)14-18(15-22)21(25)23-19-8-6-7-16(3)13-19/h6-14H,4-5H2,1-3H3,(H,23,25)/b18-14+. The van der Waals surface area contributed by atoms with Gasteiger partial charge in [0.15, 0.2) is 0 Å². The lowest BCUT2D eigenvalue weighted by Gasteiger charge is -2.20. The maximum atomic E-state index is 12.3. The lowest BCUT2D eigenvalue weighted by molar-refractivity contribution is -0.112. The van der Waals surface area contributed by atoms with Crippen molar-refractivity contribution in [3.63, 3.8) is 0 Å². The van der Waals surface area contributed by atoms with Crippen LogP contribution in [0.1, 0.15) is 25.0 Å². The molecule has 2 aromatic rings. The van der Waals surface area contributed by atoms with Gasteiger partial charge in [-0.15, -0.1) is 0 Å². The average Bonchev–Trinajstić information content (AvgIpc) is 2.62. The summed E-state index contributed by atoms with van der Waals surface area (Å²) < 4.78 is 0. The number of amides is 1. The van der Waals surface area contributed by atoms with Crippen molar-refractivity contribution in [2.45, 2.75) is 20.8 Å². The molecule has 0 saturated carbocycles. The molecule has 128 valence electrons. The Bertz CT molecular complexity index is 797. The molecule has 1 amide bonds. The van der Waals surface area contributed by atoms with Crippen LogP contribution in [-0.4, -0.2) is 19.0 Å². The number of hydrogen-bond donors (Lipinski definition) is 1. The molecule has 0 unspecified atom stereocenters. The number of carbonyl (C=O) groups excluding carboxylic acids is 1. The Morgan fingerprint density at radius 2 is 1.84 bits per heavy atom. The maximum absolute atomic E-state index is 12.3. The highest BCUT2D eigenvalue weighted by molar-refractivity contribution is 6.09. The molecule has 0 aromatic heterocycles. The highest BCUT2D eigenvalue weighted by atomic mass is 16.1. The van der Waals surface area contributed by atoms with Crippen molar-refractivity contribution >= 4 is 23.4 Å². The van der Waals surface area contributed by atoms with Gasteiger partial charge < -0.3 is 10.2 Å². The van der Waals surface area contributed by atoms with E-state index in [-0.39, 0.29) is 5.57 Å². The number of rotatable bonds is 6. The Balaban J connectivity index is 2.16. The molecule has 0 spiro atoms. The van der Waals surface area contributed by atoms with E-state index in [4.69, 9.17) is 0 Å². The second-order valence-electron chi connectivity index (χ2n) is 5.76. The summed E-state index contributed by atoms with van der Waals surface area (Å²) in [6.07, 6.45) is 1.61. The fourth-order valence-corrected chi connectivity index (χ4v) is 2.61. The highest BCUT2D eigenvalue weighted by Gasteiger charge is 2.10. The largest absolute Gasteiger partial charge is 0.372 e. The molecule has 0 radical (unpaired) electrons. The van der Waals surface area contributed by atoms with Crippen LogP contribution in [-0.2, 0) is 4.79 Å². The van der Waals surface area contributed by atoms with Crippen molar-refractivity contribution in [1.82, 2.24) is 0 Å². The van der Waals surface area contributed by atoms with Gasteiger partial charge in [-0.05, 0) is 62.2 Å². The number of hydrogen-bond acceptors (Lipinski definition) is 3. The molecule has 0 heterocycles. The van der Waals surface area contributed by atoms with Crippen LogP contribution in [0.5, 0.6) is 0 Å². The third-order valence-corrected chi connectivity index (χ3v) is 3.97. The minimum absolute atomic E-state index is 0.0806. The molecule has 25 heavy (non-hydrogen) atoms. The molecule has 2 rings (SSSR count). The number of benzene rings is 2. The summed E-state index contributed by atoms with van der Waals surface area (Å²) in [5.74, 6) is -0.402. The van der Waals surface area contributed by atoms with Gasteiger partial charge in [-0.3, -0.25) is 4.79 Å². The van der Waals surface area contributed by atoms with Gasteiger partial charge in [-0.25, -0.2) is 0 Å². The first-order valence-electron chi connectivity index (χ1n) is 8.42. The predicted octanol–water partition coefficient (Wildman–Crippen LogP) is 4.39. The minimum Gasteiger partial charge on any atom is -0.372 e. The molecule has 0 fully saturated rings. The van der Waals surface area contributed by atoms with Crippen molar-refractivity contribution in [3.05, 3.63) is 65.2 Å². The molecule has 1 N–H and O–H groups in total. The molecule has 2 aromatic carbocycles. The van der Waals surface area contributed by atoms with Crippen LogP contribution in [0.2, 0.25) is 0 Å². The summed E-state index contributed by atoms with van der Waals surface area (Å²) in [6, 6.07) is 17.3. The number of carbonyl (C=O) groups is 1. The van der Waals surface area contributed by atoms with Gasteiger partial charge in [0.1, 0.15) is 11.6 Å². The third-order valence-electron chi connectivity index (χ3n) is 3.97. The second kappa shape index (κ2) is 8.70. The minimum atomic E-state index is -0.402. The normalized spacial score (nSPS) is 10.9. The molecular weight excluding hydrogens is 310 g/mol. The molecule has 4 heteroatoms. The van der Waals surface area contributed by atoms with E-state index in [0.29, 0.717) is 5.69 Å². The molecule has 0 atom stereocenters. The van der Waals surface area contributed by atoms with E-state index in [9.17, 15) is 10.1 Å². The van der Waals surface area contributed by atoms with Gasteiger partial charge in [-0.1, -0.05) is 24.3 Å². The lowest BCUT2D eigenvalue weighted by atomic mass is 10.1. The van der Waals surface area contributed by atoms with E-state index in [0.717, 1.165) is 29.9 Å². The SMILES string of the molecule is CCN(CC)c1ccc(/C=C(\C#N)C(=O)Nc2cccc(C)c2)cc1. The quantitative estimate of drug-likeness (QED) is 0.630. The molecule has 0 aliphatic carbocycles. The zero-order valence-electron chi connectivity index (χ0n) is 14.9. The lowest BCUT2D eigenvalue weighted by Crippen LogP contribution is -2.21. The maximum Gasteiger partial charge on any atom is 0.266 e. The Kier molecular flexibility index (Phi) is 6.36. The van der Waals surface area contributed by atoms with E-state index in [1.165, 1.54) is 0 Å². The third kappa shape index (κ3) is 4.95. The van der Waals surface area contributed by atoms with Crippen LogP contribution in [0.15, 0.2) is 54.1 Å². The highest BCUT2D eigenvalue weighted by Crippen LogP contribution is 2.17. The first-order valence-corrected chi connectivity index (χ1v) is 8.42. The van der Waals surface area contributed by atoms with Gasteiger partial charge in [-0.2, -0.15) is 5.26 Å². The fourth-order valence-electron chi connectivity index (χ4n) is 2.61. The van der Waals surface area contributed by atoms with Crippen LogP contribution in [0, 0.1) is 18.3 Å². The smallest absolute Gasteiger partial charge is 0.266 e. The van der Waals surface area contributed by atoms with Gasteiger partial charge in [0.05, 0.1) is 0 Å². The second-order valence-corrected chi connectivity index (χ2v) is 5.76. The molecule has 0 saturated heterocycles. The Morgan fingerprint density at radius 1 is 1.16 bits per heavy atom. The van der Waals surface area contributed by atoms with Crippen molar-refractivity contribution in [1.29, 1.82) is 5.26 Å². The summed E-state index contributed by atoms with van der Waals surface area (Å²) in [7, 11) is 0. The zero-order chi connectivity index (χ0) is 18.2. The number of aryl methyl sites for hydroxylation is 1. The Labute approximate surface area is 149 Å². The fraction of sp³-hybridized carbons (Fsp3) is 0.238. The van der Waals surface area contributed by atoms with E-state index < -0.39 is 5.91 Å². The molecule has 0 bridgehead atoms. The number of anilines is 2. The van der Waals surface area contributed by atoms with Crippen LogP contribution >= 0.6 is 0 Å². The summed E-state index contributed by atoms with van der Waals surface area (Å²) in [4.78, 5) is 14.6. The van der Waals surface area contributed by atoms with E-state index >= 15 is 0 Å². The van der Waals surface area contributed by atoms with Crippen LogP contribution in [0.3, 0.4) is 0 Å². The summed E-state index contributed by atoms with van der Waals surface area (Å²) >= 11 is 0. The van der Waals surface area contributed by atoms with Crippen molar-refractivity contribution < 1.29 is 4.79 Å². The van der Waals surface area contributed by atoms with Crippen molar-refractivity contribution in [2.24, 2.45) is 0 Å². The first-order chi connectivity index (χ1) is 12.1. The molecule has 0 aliphatic rings. The van der Waals surface area contributed by atoms with Crippen LogP contribution < -0.4 is 10.2 Å². The number of nitrogens with zero attached hydrogens (tertiary/aromatic N) is 2. The van der Waals surface area contributed by atoms with Gasteiger partial charge in [0.25, 0.3) is 5.91 Å². The first kappa shape index (κ1) is 18.3. The topological polar surface area (TPSA) is 56.1 Å². The van der Waals surface area contributed by atoms with E-state index in [1.54, 1.807) is 12.1 Å². The van der Waals surface area contributed by atoms with E-state index in [1.807, 2.05) is 55.5 Å². The Morgan fingerprint density at radius 3 is 2.40 bits per heavy atom. The van der Waals surface area contributed by atoms with Gasteiger partial charge >= 0.3 is 0 Å². The van der Waals surface area contributed by atoms with Crippen molar-refractivity contribution in [3.8, 4) is 6.07 Å².